The number of rotatable bonds is 3. The summed E-state index contributed by atoms with van der Waals surface area (Å²) in [5.74, 6) is 1.08. The van der Waals surface area contributed by atoms with E-state index in [0.717, 1.165) is 29.5 Å². The molecule has 8 nitrogen and oxygen atoms in total. The minimum absolute atomic E-state index is 0.219. The topological polar surface area (TPSA) is 103 Å². The second-order valence-electron chi connectivity index (χ2n) is 8.41. The molecule has 1 N–H and O–H groups in total. The quantitative estimate of drug-likeness (QED) is 0.724. The third-order valence-electron chi connectivity index (χ3n) is 5.35. The van der Waals surface area contributed by atoms with Gasteiger partial charge in [-0.05, 0) is 43.1 Å². The van der Waals surface area contributed by atoms with Crippen molar-refractivity contribution in [1.82, 2.24) is 20.2 Å². The van der Waals surface area contributed by atoms with Crippen molar-refractivity contribution in [1.29, 1.82) is 0 Å². The summed E-state index contributed by atoms with van der Waals surface area (Å²) >= 11 is 1.56. The highest BCUT2D eigenvalue weighted by atomic mass is 32.1. The van der Waals surface area contributed by atoms with Crippen LogP contribution in [0.25, 0.3) is 10.2 Å². The molecule has 0 spiro atoms. The van der Waals surface area contributed by atoms with E-state index in [9.17, 15) is 9.59 Å². The molecule has 148 valence electrons. The maximum Gasteiger partial charge on any atom is 0.279 e. The molecule has 0 saturated carbocycles. The van der Waals surface area contributed by atoms with Crippen LogP contribution in [-0.4, -0.2) is 26.1 Å². The van der Waals surface area contributed by atoms with E-state index in [2.05, 4.69) is 41.6 Å². The normalized spacial score (nSPS) is 16.9. The summed E-state index contributed by atoms with van der Waals surface area (Å²) in [5.41, 5.74) is 1.06. The van der Waals surface area contributed by atoms with Crippen LogP contribution in [0.1, 0.15) is 43.4 Å². The van der Waals surface area contributed by atoms with Crippen LogP contribution >= 0.6 is 11.3 Å². The number of anilines is 1. The summed E-state index contributed by atoms with van der Waals surface area (Å²) in [6.45, 7) is 8.30. The first-order valence-corrected chi connectivity index (χ1v) is 10.1. The number of carbonyl (C=O) groups is 1. The lowest BCUT2D eigenvalue weighted by molar-refractivity contribution is -0.117. The van der Waals surface area contributed by atoms with E-state index in [0.29, 0.717) is 27.7 Å². The van der Waals surface area contributed by atoms with Gasteiger partial charge < -0.3 is 9.84 Å². The predicted molar refractivity (Wildman–Crippen MR) is 107 cm³/mol. The minimum Gasteiger partial charge on any atom is -0.360 e. The van der Waals surface area contributed by atoms with Gasteiger partial charge in [-0.15, -0.1) is 16.4 Å². The third kappa shape index (κ3) is 3.46. The van der Waals surface area contributed by atoms with Gasteiger partial charge in [-0.2, -0.15) is 0 Å². The van der Waals surface area contributed by atoms with Gasteiger partial charge in [0.2, 0.25) is 5.91 Å². The van der Waals surface area contributed by atoms with Crippen LogP contribution in [-0.2, 0) is 24.2 Å². The number of carbonyl (C=O) groups excluding carboxylic acids is 1. The van der Waals surface area contributed by atoms with Crippen LogP contribution in [0.4, 0.5) is 5.82 Å². The van der Waals surface area contributed by atoms with Gasteiger partial charge in [-0.25, -0.2) is 4.68 Å². The van der Waals surface area contributed by atoms with Gasteiger partial charge in [-0.3, -0.25) is 9.59 Å². The maximum atomic E-state index is 13.0. The molecule has 9 heteroatoms. The van der Waals surface area contributed by atoms with Crippen LogP contribution in [0.5, 0.6) is 0 Å². The monoisotopic (exact) mass is 401 g/mol. The minimum atomic E-state index is -0.402. The molecule has 0 aliphatic heterocycles. The highest BCUT2D eigenvalue weighted by Crippen LogP contribution is 2.41. The molecule has 1 aliphatic rings. The summed E-state index contributed by atoms with van der Waals surface area (Å²) in [4.78, 5) is 27.1. The van der Waals surface area contributed by atoms with Crippen molar-refractivity contribution in [3.8, 4) is 0 Å². The number of amides is 1. The first kappa shape index (κ1) is 18.8. The van der Waals surface area contributed by atoms with Gasteiger partial charge >= 0.3 is 0 Å². The van der Waals surface area contributed by atoms with Gasteiger partial charge in [-0.1, -0.05) is 31.1 Å². The summed E-state index contributed by atoms with van der Waals surface area (Å²) < 4.78 is 6.04. The Morgan fingerprint density at radius 2 is 2.21 bits per heavy atom. The molecule has 0 radical (unpaired) electrons. The van der Waals surface area contributed by atoms with Gasteiger partial charge in [0, 0.05) is 10.9 Å². The lowest BCUT2D eigenvalue weighted by atomic mass is 9.72. The molecule has 1 atom stereocenters. The van der Waals surface area contributed by atoms with E-state index in [-0.39, 0.29) is 17.5 Å². The fourth-order valence-corrected chi connectivity index (χ4v) is 4.95. The summed E-state index contributed by atoms with van der Waals surface area (Å²) in [5, 5.41) is 15.1. The Balaban J connectivity index is 1.61. The van der Waals surface area contributed by atoms with E-state index < -0.39 is 5.91 Å². The summed E-state index contributed by atoms with van der Waals surface area (Å²) in [6.07, 6.45) is 2.88. The molecule has 28 heavy (non-hydrogen) atoms. The second kappa shape index (κ2) is 6.80. The Hall–Kier alpha value is -2.55. The average molecular weight is 401 g/mol. The Labute approximate surface area is 165 Å². The van der Waals surface area contributed by atoms with Crippen LogP contribution < -0.4 is 10.9 Å². The number of nitrogens with one attached hydrogen (secondary N) is 1. The first-order chi connectivity index (χ1) is 13.2. The first-order valence-electron chi connectivity index (χ1n) is 9.33. The number of nitrogens with zero attached hydrogens (tertiary/aromatic N) is 4. The SMILES string of the molecule is Cc1cc(NC(=O)Cn2nnc3sc4c(c3c2=O)CC[C@H](C(C)(C)C)C4)no1. The third-order valence-corrected chi connectivity index (χ3v) is 6.49. The van der Waals surface area contributed by atoms with Crippen molar-refractivity contribution in [2.75, 3.05) is 5.32 Å². The zero-order valence-electron chi connectivity index (χ0n) is 16.4. The molecule has 3 aromatic heterocycles. The van der Waals surface area contributed by atoms with Crippen molar-refractivity contribution < 1.29 is 9.32 Å². The molecule has 4 rings (SSSR count). The molecule has 0 fully saturated rings. The fraction of sp³-hybridized carbons (Fsp3) is 0.526. The number of thiophene rings is 1. The van der Waals surface area contributed by atoms with Crippen molar-refractivity contribution in [2.45, 2.75) is 53.5 Å². The molecule has 3 heterocycles. The lowest BCUT2D eigenvalue weighted by Crippen LogP contribution is -2.31. The molecule has 1 amide bonds. The predicted octanol–water partition coefficient (Wildman–Crippen LogP) is 2.94. The number of aryl methyl sites for hydroxylation is 2. The largest absolute Gasteiger partial charge is 0.360 e. The number of hydrogen-bond acceptors (Lipinski definition) is 7. The van der Waals surface area contributed by atoms with E-state index in [1.807, 2.05) is 0 Å². The Morgan fingerprint density at radius 1 is 1.43 bits per heavy atom. The number of fused-ring (bicyclic) bond motifs is 3. The molecular formula is C19H23N5O3S. The Kier molecular flexibility index (Phi) is 4.57. The second-order valence-corrected chi connectivity index (χ2v) is 9.50. The van der Waals surface area contributed by atoms with Crippen molar-refractivity contribution in [3.63, 3.8) is 0 Å². The molecule has 1 aliphatic carbocycles. The smallest absolute Gasteiger partial charge is 0.279 e. The maximum absolute atomic E-state index is 13.0. The molecule has 0 unspecified atom stereocenters. The number of aromatic nitrogens is 4. The van der Waals surface area contributed by atoms with E-state index in [1.54, 1.807) is 24.3 Å². The van der Waals surface area contributed by atoms with Gasteiger partial charge in [0.15, 0.2) is 10.6 Å². The highest BCUT2D eigenvalue weighted by molar-refractivity contribution is 7.18. The van der Waals surface area contributed by atoms with Crippen molar-refractivity contribution in [3.05, 3.63) is 32.6 Å². The zero-order chi connectivity index (χ0) is 20.1. The van der Waals surface area contributed by atoms with Crippen LogP contribution in [0.15, 0.2) is 15.4 Å². The Morgan fingerprint density at radius 3 is 2.89 bits per heavy atom. The molecule has 0 aromatic carbocycles. The van der Waals surface area contributed by atoms with E-state index >= 15 is 0 Å². The number of hydrogen-bond donors (Lipinski definition) is 1. The fourth-order valence-electron chi connectivity index (χ4n) is 3.71. The van der Waals surface area contributed by atoms with Crippen LogP contribution in [0.2, 0.25) is 0 Å². The lowest BCUT2D eigenvalue weighted by Gasteiger charge is -2.33. The van der Waals surface area contributed by atoms with E-state index in [4.69, 9.17) is 4.52 Å². The van der Waals surface area contributed by atoms with Crippen LogP contribution in [0.3, 0.4) is 0 Å². The van der Waals surface area contributed by atoms with Gasteiger partial charge in [0.05, 0.1) is 5.39 Å². The molecular weight excluding hydrogens is 378 g/mol. The highest BCUT2D eigenvalue weighted by Gasteiger charge is 2.32. The van der Waals surface area contributed by atoms with E-state index in [1.165, 1.54) is 4.88 Å². The standard InChI is InChI=1S/C19H23N5O3S/c1-10-7-14(22-27-10)20-15(25)9-24-18(26)16-12-6-5-11(19(2,3)4)8-13(12)28-17(16)21-23-24/h7,11H,5-6,8-9H2,1-4H3,(H,20,22,25)/t11-/m0/s1. The van der Waals surface area contributed by atoms with Crippen molar-refractivity contribution in [2.24, 2.45) is 11.3 Å². The van der Waals surface area contributed by atoms with Crippen LogP contribution in [0, 0.1) is 18.3 Å². The Bertz CT molecular complexity index is 1110. The molecule has 0 saturated heterocycles. The average Bonchev–Trinajstić information content (AvgIpc) is 3.19. The van der Waals surface area contributed by atoms with Crippen molar-refractivity contribution >= 4 is 33.3 Å². The molecule has 0 bridgehead atoms. The zero-order valence-corrected chi connectivity index (χ0v) is 17.2. The summed E-state index contributed by atoms with van der Waals surface area (Å²) in [6, 6.07) is 1.61. The van der Waals surface area contributed by atoms with Gasteiger partial charge in [0.25, 0.3) is 5.56 Å². The van der Waals surface area contributed by atoms with Gasteiger partial charge in [0.1, 0.15) is 12.3 Å². The molecule has 3 aromatic rings. The summed E-state index contributed by atoms with van der Waals surface area (Å²) in [7, 11) is 0.